The molecular formula is C19H19NO. The summed E-state index contributed by atoms with van der Waals surface area (Å²) in [5, 5.41) is 1.15. The molecule has 1 aliphatic carbocycles. The largest absolute Gasteiger partial charge is 0.302 e. The fourth-order valence-electron chi connectivity index (χ4n) is 2.97. The van der Waals surface area contributed by atoms with Crippen LogP contribution in [0.2, 0.25) is 0 Å². The van der Waals surface area contributed by atoms with E-state index in [0.717, 1.165) is 35.6 Å². The van der Waals surface area contributed by atoms with E-state index in [1.54, 1.807) is 0 Å². The van der Waals surface area contributed by atoms with Gasteiger partial charge in [-0.1, -0.05) is 43.3 Å². The van der Waals surface area contributed by atoms with Crippen LogP contribution >= 0.6 is 0 Å². The summed E-state index contributed by atoms with van der Waals surface area (Å²) in [4.78, 5) is 15.9. The number of hydrogen-bond donors (Lipinski definition) is 0. The third-order valence-corrected chi connectivity index (χ3v) is 4.17. The molecule has 0 N–H and O–H groups in total. The highest BCUT2D eigenvalue weighted by Gasteiger charge is 2.26. The molecule has 3 rings (SSSR count). The van der Waals surface area contributed by atoms with Crippen molar-refractivity contribution < 1.29 is 4.79 Å². The van der Waals surface area contributed by atoms with E-state index in [9.17, 15) is 4.79 Å². The van der Waals surface area contributed by atoms with Crippen molar-refractivity contribution in [1.29, 1.82) is 0 Å². The Balaban J connectivity index is 2.15. The van der Waals surface area contributed by atoms with Gasteiger partial charge in [0, 0.05) is 22.6 Å². The number of para-hydroxylation sites is 1. The summed E-state index contributed by atoms with van der Waals surface area (Å²) in [6.45, 7) is 4.12. The Labute approximate surface area is 125 Å². The maximum absolute atomic E-state index is 11.3. The smallest absolute Gasteiger partial charge is 0.129 e. The van der Waals surface area contributed by atoms with Gasteiger partial charge in [-0.15, -0.1) is 0 Å². The average Bonchev–Trinajstić information content (AvgIpc) is 2.54. The highest BCUT2D eigenvalue weighted by atomic mass is 16.1. The molecule has 0 fully saturated rings. The van der Waals surface area contributed by atoms with Crippen molar-refractivity contribution in [3.8, 4) is 0 Å². The van der Waals surface area contributed by atoms with Gasteiger partial charge in [0.25, 0.3) is 0 Å². The monoisotopic (exact) mass is 277 g/mol. The molecule has 0 bridgehead atoms. The lowest BCUT2D eigenvalue weighted by molar-refractivity contribution is -0.113. The van der Waals surface area contributed by atoms with Crippen LogP contribution in [0.5, 0.6) is 0 Å². The Morgan fingerprint density at radius 1 is 1.29 bits per heavy atom. The topological polar surface area (TPSA) is 30.0 Å². The molecule has 0 spiro atoms. The lowest BCUT2D eigenvalue weighted by Gasteiger charge is -2.26. The van der Waals surface area contributed by atoms with Crippen molar-refractivity contribution in [2.45, 2.75) is 26.7 Å². The van der Waals surface area contributed by atoms with Crippen LogP contribution in [0.3, 0.4) is 0 Å². The molecule has 1 atom stereocenters. The minimum atomic E-state index is -0.368. The van der Waals surface area contributed by atoms with Gasteiger partial charge in [0.15, 0.2) is 0 Å². The first-order valence-corrected chi connectivity index (χ1v) is 7.39. The number of benzene rings is 1. The van der Waals surface area contributed by atoms with Crippen LogP contribution < -0.4 is 0 Å². The van der Waals surface area contributed by atoms with Crippen LogP contribution in [0.25, 0.3) is 16.5 Å². The summed E-state index contributed by atoms with van der Waals surface area (Å²) in [5.41, 5.74) is 4.27. The maximum Gasteiger partial charge on any atom is 0.129 e. The molecule has 1 aromatic carbocycles. The lowest BCUT2D eigenvalue weighted by Crippen LogP contribution is -2.18. The van der Waals surface area contributed by atoms with Gasteiger partial charge in [-0.05, 0) is 37.0 Å². The van der Waals surface area contributed by atoms with E-state index in [4.69, 9.17) is 0 Å². The molecule has 2 aromatic rings. The number of hydrogen-bond acceptors (Lipinski definition) is 2. The molecule has 0 saturated carbocycles. The number of pyridine rings is 1. The van der Waals surface area contributed by atoms with Gasteiger partial charge in [0.05, 0.1) is 5.52 Å². The molecule has 2 nitrogen and oxygen atoms in total. The maximum atomic E-state index is 11.3. The third kappa shape index (κ3) is 2.42. The first-order valence-electron chi connectivity index (χ1n) is 7.39. The number of aldehydes is 1. The van der Waals surface area contributed by atoms with Crippen molar-refractivity contribution in [2.24, 2.45) is 5.41 Å². The molecule has 1 aliphatic rings. The second-order valence-electron chi connectivity index (χ2n) is 5.85. The quantitative estimate of drug-likeness (QED) is 0.770. The van der Waals surface area contributed by atoms with Crippen LogP contribution in [-0.2, 0) is 4.79 Å². The molecule has 1 heterocycles. The number of nitrogens with zero attached hydrogens (tertiary/aromatic N) is 1. The van der Waals surface area contributed by atoms with Gasteiger partial charge in [-0.25, -0.2) is 0 Å². The van der Waals surface area contributed by atoms with Crippen molar-refractivity contribution in [1.82, 2.24) is 4.98 Å². The third-order valence-electron chi connectivity index (χ3n) is 4.17. The van der Waals surface area contributed by atoms with E-state index in [0.29, 0.717) is 0 Å². The second-order valence-corrected chi connectivity index (χ2v) is 5.85. The summed E-state index contributed by atoms with van der Waals surface area (Å²) in [5.74, 6) is 0. The van der Waals surface area contributed by atoms with E-state index in [2.05, 4.69) is 48.3 Å². The molecule has 0 radical (unpaired) electrons. The van der Waals surface area contributed by atoms with Crippen molar-refractivity contribution in [3.05, 3.63) is 59.8 Å². The molecule has 1 aromatic heterocycles. The fraction of sp³-hybridized carbons (Fsp3) is 0.263. The van der Waals surface area contributed by atoms with Crippen molar-refractivity contribution in [2.75, 3.05) is 0 Å². The van der Waals surface area contributed by atoms with Crippen LogP contribution in [0.4, 0.5) is 0 Å². The van der Waals surface area contributed by atoms with Gasteiger partial charge >= 0.3 is 0 Å². The van der Waals surface area contributed by atoms with Crippen LogP contribution in [0, 0.1) is 5.41 Å². The van der Waals surface area contributed by atoms with Crippen molar-refractivity contribution >= 4 is 22.8 Å². The van der Waals surface area contributed by atoms with E-state index in [1.165, 1.54) is 11.1 Å². The first-order chi connectivity index (χ1) is 10.2. The number of carbonyl (C=O) groups is 1. The Morgan fingerprint density at radius 2 is 2.10 bits per heavy atom. The Morgan fingerprint density at radius 3 is 2.86 bits per heavy atom. The van der Waals surface area contributed by atoms with Gasteiger partial charge in [0.2, 0.25) is 0 Å². The number of allylic oxidation sites excluding steroid dienone is 4. The molecular weight excluding hydrogens is 258 g/mol. The normalized spacial score (nSPS) is 21.8. The standard InChI is InChI=1S/C19H19NO/c1-3-14-12-19(2,13-21)10-9-16(14)17-8-4-6-15-7-5-11-20-18(15)17/h4-9,11-13H,3,10H2,1-2H3. The fourth-order valence-corrected chi connectivity index (χ4v) is 2.97. The Kier molecular flexibility index (Phi) is 3.46. The highest BCUT2D eigenvalue weighted by Crippen LogP contribution is 2.39. The van der Waals surface area contributed by atoms with Gasteiger partial charge in [0.1, 0.15) is 6.29 Å². The number of carbonyl (C=O) groups excluding carboxylic acids is 1. The summed E-state index contributed by atoms with van der Waals surface area (Å²) >= 11 is 0. The minimum Gasteiger partial charge on any atom is -0.302 e. The van der Waals surface area contributed by atoms with Crippen molar-refractivity contribution in [3.63, 3.8) is 0 Å². The zero-order valence-corrected chi connectivity index (χ0v) is 12.5. The number of aromatic nitrogens is 1. The van der Waals surface area contributed by atoms with E-state index in [1.807, 2.05) is 19.2 Å². The zero-order valence-electron chi connectivity index (χ0n) is 12.5. The second kappa shape index (κ2) is 5.28. The van der Waals surface area contributed by atoms with Crippen LogP contribution in [-0.4, -0.2) is 11.3 Å². The van der Waals surface area contributed by atoms with Gasteiger partial charge in [-0.3, -0.25) is 4.98 Å². The summed E-state index contributed by atoms with van der Waals surface area (Å²) in [7, 11) is 0. The Bertz CT molecular complexity index is 752. The van der Waals surface area contributed by atoms with Crippen LogP contribution in [0.1, 0.15) is 32.3 Å². The number of rotatable bonds is 3. The lowest BCUT2D eigenvalue weighted by atomic mass is 9.77. The molecule has 2 heteroatoms. The minimum absolute atomic E-state index is 0.368. The SMILES string of the molecule is CCC1=CC(C)(C=O)CC=C1c1cccc2cccnc12. The summed E-state index contributed by atoms with van der Waals surface area (Å²) in [6, 6.07) is 10.3. The molecule has 21 heavy (non-hydrogen) atoms. The summed E-state index contributed by atoms with van der Waals surface area (Å²) < 4.78 is 0. The predicted molar refractivity (Wildman–Crippen MR) is 86.9 cm³/mol. The molecule has 0 amide bonds. The van der Waals surface area contributed by atoms with E-state index < -0.39 is 0 Å². The van der Waals surface area contributed by atoms with E-state index >= 15 is 0 Å². The van der Waals surface area contributed by atoms with Gasteiger partial charge in [-0.2, -0.15) is 0 Å². The highest BCUT2D eigenvalue weighted by molar-refractivity contribution is 5.96. The van der Waals surface area contributed by atoms with E-state index in [-0.39, 0.29) is 5.41 Å². The average molecular weight is 277 g/mol. The zero-order chi connectivity index (χ0) is 14.9. The first kappa shape index (κ1) is 13.7. The molecule has 1 unspecified atom stereocenters. The molecule has 106 valence electrons. The predicted octanol–water partition coefficient (Wildman–Crippen LogP) is 4.56. The molecule has 0 aliphatic heterocycles. The molecule has 0 saturated heterocycles. The van der Waals surface area contributed by atoms with Gasteiger partial charge < -0.3 is 4.79 Å². The Hall–Kier alpha value is -2.22. The van der Waals surface area contributed by atoms with Crippen LogP contribution in [0.15, 0.2) is 54.3 Å². The number of fused-ring (bicyclic) bond motifs is 1. The summed E-state index contributed by atoms with van der Waals surface area (Å²) in [6.07, 6.45) is 8.86.